The van der Waals surface area contributed by atoms with Gasteiger partial charge in [0.25, 0.3) is 0 Å². The van der Waals surface area contributed by atoms with E-state index in [-0.39, 0.29) is 0 Å². The molecule has 3 rings (SSSR count). The van der Waals surface area contributed by atoms with Crippen LogP contribution in [0.25, 0.3) is 0 Å². The maximum Gasteiger partial charge on any atom is 0.0403 e. The maximum absolute atomic E-state index is 2.54. The number of hydrogen-bond donors (Lipinski definition) is 0. The molecule has 1 aliphatic heterocycles. The highest BCUT2D eigenvalue weighted by molar-refractivity contribution is 5.60. The predicted molar refractivity (Wildman–Crippen MR) is 90.1 cm³/mol. The van der Waals surface area contributed by atoms with Crippen molar-refractivity contribution in [2.75, 3.05) is 38.6 Å². The summed E-state index contributed by atoms with van der Waals surface area (Å²) in [4.78, 5) is 4.80. The highest BCUT2D eigenvalue weighted by atomic mass is 15.2. The predicted octanol–water partition coefficient (Wildman–Crippen LogP) is 3.39. The summed E-state index contributed by atoms with van der Waals surface area (Å²) in [6.45, 7) is 3.35. The Morgan fingerprint density at radius 1 is 1.00 bits per heavy atom. The van der Waals surface area contributed by atoms with E-state index in [0.29, 0.717) is 5.92 Å². The van der Waals surface area contributed by atoms with Gasteiger partial charge in [0.1, 0.15) is 0 Å². The second kappa shape index (κ2) is 6.31. The van der Waals surface area contributed by atoms with Gasteiger partial charge in [-0.3, -0.25) is 0 Å². The van der Waals surface area contributed by atoms with Crippen LogP contribution < -0.4 is 4.90 Å². The average molecular weight is 280 g/mol. The minimum absolute atomic E-state index is 0.616. The molecule has 0 radical (unpaired) electrons. The lowest BCUT2D eigenvalue weighted by atomic mass is 9.94. The van der Waals surface area contributed by atoms with Gasteiger partial charge in [-0.1, -0.05) is 48.5 Å². The normalized spacial score (nSPS) is 17.3. The van der Waals surface area contributed by atoms with Crippen molar-refractivity contribution in [2.45, 2.75) is 12.3 Å². The molecular formula is C19H24N2. The fraction of sp³-hybridized carbons (Fsp3) is 0.368. The Hall–Kier alpha value is -1.80. The van der Waals surface area contributed by atoms with Crippen molar-refractivity contribution in [3.8, 4) is 0 Å². The molecule has 1 unspecified atom stereocenters. The SMILES string of the molecule is CN(C)CCN1CC(Cc2ccccc2)c2ccccc21. The molecule has 1 atom stereocenters. The van der Waals surface area contributed by atoms with E-state index in [4.69, 9.17) is 0 Å². The lowest BCUT2D eigenvalue weighted by Crippen LogP contribution is -2.31. The number of fused-ring (bicyclic) bond motifs is 1. The van der Waals surface area contributed by atoms with Gasteiger partial charge >= 0.3 is 0 Å². The van der Waals surface area contributed by atoms with Gasteiger partial charge in [0.15, 0.2) is 0 Å². The minimum Gasteiger partial charge on any atom is -0.369 e. The molecule has 0 fully saturated rings. The van der Waals surface area contributed by atoms with Gasteiger partial charge < -0.3 is 9.80 Å². The second-order valence-electron chi connectivity index (χ2n) is 6.19. The zero-order valence-electron chi connectivity index (χ0n) is 13.0. The van der Waals surface area contributed by atoms with Gasteiger partial charge in [-0.25, -0.2) is 0 Å². The van der Waals surface area contributed by atoms with Crippen LogP contribution in [0, 0.1) is 0 Å². The number of likely N-dealkylation sites (N-methyl/N-ethyl adjacent to an activating group) is 1. The van der Waals surface area contributed by atoms with Crippen LogP contribution in [0.1, 0.15) is 17.0 Å². The lowest BCUT2D eigenvalue weighted by Gasteiger charge is -2.22. The Morgan fingerprint density at radius 2 is 1.71 bits per heavy atom. The lowest BCUT2D eigenvalue weighted by molar-refractivity contribution is 0.413. The molecule has 0 aromatic heterocycles. The first-order valence-electron chi connectivity index (χ1n) is 7.76. The summed E-state index contributed by atoms with van der Waals surface area (Å²) in [6.07, 6.45) is 1.14. The Morgan fingerprint density at radius 3 is 2.48 bits per heavy atom. The van der Waals surface area contributed by atoms with Gasteiger partial charge in [-0.2, -0.15) is 0 Å². The van der Waals surface area contributed by atoms with Crippen LogP contribution in [-0.2, 0) is 6.42 Å². The van der Waals surface area contributed by atoms with E-state index in [9.17, 15) is 0 Å². The average Bonchev–Trinajstić information content (AvgIpc) is 2.85. The third-order valence-corrected chi connectivity index (χ3v) is 4.30. The molecule has 0 saturated heterocycles. The smallest absolute Gasteiger partial charge is 0.0403 e. The van der Waals surface area contributed by atoms with Crippen molar-refractivity contribution in [3.05, 3.63) is 65.7 Å². The molecule has 0 spiro atoms. The number of nitrogens with zero attached hydrogens (tertiary/aromatic N) is 2. The Balaban J connectivity index is 1.77. The van der Waals surface area contributed by atoms with Crippen molar-refractivity contribution in [3.63, 3.8) is 0 Å². The van der Waals surface area contributed by atoms with E-state index in [0.717, 1.165) is 26.1 Å². The fourth-order valence-corrected chi connectivity index (χ4v) is 3.19. The molecule has 0 N–H and O–H groups in total. The van der Waals surface area contributed by atoms with Crippen LogP contribution >= 0.6 is 0 Å². The summed E-state index contributed by atoms with van der Waals surface area (Å²) in [6, 6.07) is 19.8. The van der Waals surface area contributed by atoms with Crippen molar-refractivity contribution in [1.29, 1.82) is 0 Å². The molecule has 2 heteroatoms. The van der Waals surface area contributed by atoms with Crippen LogP contribution in [-0.4, -0.2) is 38.6 Å². The number of benzene rings is 2. The highest BCUT2D eigenvalue weighted by Gasteiger charge is 2.27. The summed E-state index contributed by atoms with van der Waals surface area (Å²) in [5, 5.41) is 0. The summed E-state index contributed by atoms with van der Waals surface area (Å²) in [5.74, 6) is 0.616. The van der Waals surface area contributed by atoms with Gasteiger partial charge in [-0.05, 0) is 37.7 Å². The zero-order chi connectivity index (χ0) is 14.7. The summed E-state index contributed by atoms with van der Waals surface area (Å²) >= 11 is 0. The maximum atomic E-state index is 2.54. The number of para-hydroxylation sites is 1. The van der Waals surface area contributed by atoms with Crippen molar-refractivity contribution in [2.24, 2.45) is 0 Å². The third kappa shape index (κ3) is 3.27. The van der Waals surface area contributed by atoms with E-state index in [1.165, 1.54) is 16.8 Å². The van der Waals surface area contributed by atoms with Crippen molar-refractivity contribution < 1.29 is 0 Å². The molecule has 2 aromatic carbocycles. The minimum atomic E-state index is 0.616. The van der Waals surface area contributed by atoms with E-state index < -0.39 is 0 Å². The molecule has 0 amide bonds. The topological polar surface area (TPSA) is 6.48 Å². The Labute approximate surface area is 128 Å². The van der Waals surface area contributed by atoms with E-state index in [2.05, 4.69) is 78.5 Å². The van der Waals surface area contributed by atoms with Gasteiger partial charge in [0.05, 0.1) is 0 Å². The first kappa shape index (κ1) is 14.2. The van der Waals surface area contributed by atoms with Crippen LogP contribution in [0.2, 0.25) is 0 Å². The molecule has 0 saturated carbocycles. The van der Waals surface area contributed by atoms with Gasteiger partial charge in [-0.15, -0.1) is 0 Å². The first-order chi connectivity index (χ1) is 10.2. The molecule has 0 bridgehead atoms. The number of rotatable bonds is 5. The van der Waals surface area contributed by atoms with E-state index in [1.54, 1.807) is 0 Å². The van der Waals surface area contributed by atoms with E-state index in [1.807, 2.05) is 0 Å². The Kier molecular flexibility index (Phi) is 4.26. The summed E-state index contributed by atoms with van der Waals surface area (Å²) in [5.41, 5.74) is 4.38. The van der Waals surface area contributed by atoms with Gasteiger partial charge in [0, 0.05) is 31.2 Å². The summed E-state index contributed by atoms with van der Waals surface area (Å²) in [7, 11) is 4.28. The molecule has 0 aliphatic carbocycles. The molecule has 1 aliphatic rings. The molecule has 1 heterocycles. The first-order valence-corrected chi connectivity index (χ1v) is 7.76. The molecule has 110 valence electrons. The number of anilines is 1. The summed E-state index contributed by atoms with van der Waals surface area (Å²) < 4.78 is 0. The van der Waals surface area contributed by atoms with Crippen LogP contribution in [0.4, 0.5) is 5.69 Å². The molecule has 2 nitrogen and oxygen atoms in total. The van der Waals surface area contributed by atoms with Crippen LogP contribution in [0.15, 0.2) is 54.6 Å². The Bertz CT molecular complexity index is 577. The standard InChI is InChI=1S/C19H24N2/c1-20(2)12-13-21-15-17(14-16-8-4-3-5-9-16)18-10-6-7-11-19(18)21/h3-11,17H,12-15H2,1-2H3. The molecule has 21 heavy (non-hydrogen) atoms. The van der Waals surface area contributed by atoms with Crippen molar-refractivity contribution >= 4 is 5.69 Å². The van der Waals surface area contributed by atoms with Crippen LogP contribution in [0.3, 0.4) is 0 Å². The molecule has 2 aromatic rings. The third-order valence-electron chi connectivity index (χ3n) is 4.30. The molecular weight excluding hydrogens is 256 g/mol. The monoisotopic (exact) mass is 280 g/mol. The highest BCUT2D eigenvalue weighted by Crippen LogP contribution is 2.37. The quantitative estimate of drug-likeness (QED) is 0.828. The number of hydrogen-bond acceptors (Lipinski definition) is 2. The zero-order valence-corrected chi connectivity index (χ0v) is 13.0. The van der Waals surface area contributed by atoms with Crippen LogP contribution in [0.5, 0.6) is 0 Å². The van der Waals surface area contributed by atoms with Gasteiger partial charge in [0.2, 0.25) is 0 Å². The second-order valence-corrected chi connectivity index (χ2v) is 6.19. The van der Waals surface area contributed by atoms with Crippen molar-refractivity contribution in [1.82, 2.24) is 4.90 Å². The largest absolute Gasteiger partial charge is 0.369 e. The van der Waals surface area contributed by atoms with E-state index >= 15 is 0 Å². The fourth-order valence-electron chi connectivity index (χ4n) is 3.19.